The molecule has 12 heteroatoms. The maximum Gasteiger partial charge on any atom is 0.330 e. The average Bonchev–Trinajstić information content (AvgIpc) is 3.30. The van der Waals surface area contributed by atoms with E-state index in [1.165, 1.54) is 35.1 Å². The largest absolute Gasteiger partial charge is 0.477 e. The molecule has 0 radical (unpaired) electrons. The van der Waals surface area contributed by atoms with Crippen LogP contribution in [0.2, 0.25) is 0 Å². The number of aromatic amines is 1. The number of benzene rings is 1. The highest BCUT2D eigenvalue weighted by molar-refractivity contribution is 5.96. The number of aromatic nitrogens is 2. The van der Waals surface area contributed by atoms with Gasteiger partial charge in [0.25, 0.3) is 11.5 Å². The zero-order valence-corrected chi connectivity index (χ0v) is 17.9. The minimum absolute atomic E-state index is 0.108. The molecule has 0 fully saturated rings. The third-order valence-electron chi connectivity index (χ3n) is 4.83. The summed E-state index contributed by atoms with van der Waals surface area (Å²) < 4.78 is 11.9. The smallest absolute Gasteiger partial charge is 0.330 e. The Morgan fingerprint density at radius 3 is 2.70 bits per heavy atom. The summed E-state index contributed by atoms with van der Waals surface area (Å²) in [7, 11) is 0. The lowest BCUT2D eigenvalue weighted by atomic mass is 10.3. The first-order valence-electron chi connectivity index (χ1n) is 10.1. The molecule has 3 rings (SSSR count). The Balaban J connectivity index is 1.98. The zero-order chi connectivity index (χ0) is 24.0. The number of nitrogens with zero attached hydrogens (tertiary/aromatic N) is 3. The first-order valence-corrected chi connectivity index (χ1v) is 10.1. The van der Waals surface area contributed by atoms with Crippen LogP contribution in [0.15, 0.2) is 56.7 Å². The second-order valence-electron chi connectivity index (χ2n) is 7.07. The number of carbonyl (C=O) groups is 1. The first kappa shape index (κ1) is 23.3. The van der Waals surface area contributed by atoms with Crippen LogP contribution in [0.4, 0.5) is 17.2 Å². The monoisotopic (exact) mass is 457 g/mol. The van der Waals surface area contributed by atoms with Crippen LogP contribution in [0, 0.1) is 10.1 Å². The normalized spacial score (nSPS) is 10.7. The highest BCUT2D eigenvalue weighted by Crippen LogP contribution is 2.26. The number of rotatable bonds is 10. The highest BCUT2D eigenvalue weighted by atomic mass is 16.6. The topological polar surface area (TPSA) is 167 Å². The van der Waals surface area contributed by atoms with E-state index in [4.69, 9.17) is 14.9 Å². The molecule has 0 saturated carbocycles. The number of carbonyl (C=O) groups excluding carboxylic acids is 1. The summed E-state index contributed by atoms with van der Waals surface area (Å²) in [5, 5.41) is 11.2. The summed E-state index contributed by atoms with van der Waals surface area (Å²) in [6.45, 7) is 1.38. The van der Waals surface area contributed by atoms with Gasteiger partial charge in [-0.2, -0.15) is 0 Å². The number of nitro benzene ring substituents is 1. The fourth-order valence-corrected chi connectivity index (χ4v) is 3.17. The molecule has 33 heavy (non-hydrogen) atoms. The van der Waals surface area contributed by atoms with Crippen LogP contribution in [0.5, 0.6) is 5.75 Å². The molecule has 0 spiro atoms. The Morgan fingerprint density at radius 1 is 1.27 bits per heavy atom. The summed E-state index contributed by atoms with van der Waals surface area (Å²) in [6.07, 6.45) is 2.80. The van der Waals surface area contributed by atoms with E-state index in [9.17, 15) is 24.5 Å². The second-order valence-corrected chi connectivity index (χ2v) is 7.07. The van der Waals surface area contributed by atoms with Crippen molar-refractivity contribution in [2.75, 3.05) is 17.2 Å². The van der Waals surface area contributed by atoms with Gasteiger partial charge in [-0.05, 0) is 24.6 Å². The molecule has 0 aliphatic carbocycles. The lowest BCUT2D eigenvalue weighted by molar-refractivity contribution is -0.385. The minimum atomic E-state index is -0.851. The van der Waals surface area contributed by atoms with E-state index in [0.29, 0.717) is 12.2 Å². The molecule has 3 aromatic rings. The molecule has 1 aromatic carbocycles. The van der Waals surface area contributed by atoms with Crippen molar-refractivity contribution < 1.29 is 18.9 Å². The third-order valence-corrected chi connectivity index (χ3v) is 4.83. The van der Waals surface area contributed by atoms with Gasteiger partial charge in [-0.15, -0.1) is 0 Å². The fourth-order valence-electron chi connectivity index (χ4n) is 3.17. The van der Waals surface area contributed by atoms with Crippen LogP contribution in [0.3, 0.4) is 0 Å². The Bertz CT molecular complexity index is 1250. The fraction of sp³-hybridized carbons (Fsp3) is 0.286. The van der Waals surface area contributed by atoms with Crippen molar-refractivity contribution in [2.45, 2.75) is 32.9 Å². The number of ether oxygens (including phenoxy) is 1. The molecule has 0 aliphatic rings. The van der Waals surface area contributed by atoms with Crippen molar-refractivity contribution in [3.05, 3.63) is 79.4 Å². The summed E-state index contributed by atoms with van der Waals surface area (Å²) in [4.78, 5) is 51.9. The van der Waals surface area contributed by atoms with Gasteiger partial charge in [0.1, 0.15) is 11.6 Å². The number of unbranched alkanes of at least 4 members (excludes halogenated alkanes) is 1. The Morgan fingerprint density at radius 2 is 2.03 bits per heavy atom. The predicted molar refractivity (Wildman–Crippen MR) is 119 cm³/mol. The molecular weight excluding hydrogens is 434 g/mol. The van der Waals surface area contributed by atoms with Gasteiger partial charge in [-0.3, -0.25) is 34.2 Å². The van der Waals surface area contributed by atoms with Gasteiger partial charge in [0.15, 0.2) is 18.0 Å². The van der Waals surface area contributed by atoms with Gasteiger partial charge in [-0.25, -0.2) is 4.79 Å². The van der Waals surface area contributed by atoms with Crippen LogP contribution in [0.25, 0.3) is 0 Å². The van der Waals surface area contributed by atoms with E-state index >= 15 is 0 Å². The van der Waals surface area contributed by atoms with E-state index in [2.05, 4.69) is 4.98 Å². The van der Waals surface area contributed by atoms with Crippen molar-refractivity contribution >= 4 is 23.1 Å². The molecule has 1 amide bonds. The molecule has 0 saturated heterocycles. The maximum absolute atomic E-state index is 13.1. The maximum atomic E-state index is 13.1. The Hall–Kier alpha value is -4.35. The molecular formula is C21H23N5O7. The predicted octanol–water partition coefficient (Wildman–Crippen LogP) is 2.03. The molecule has 3 N–H and O–H groups in total. The molecule has 12 nitrogen and oxygen atoms in total. The SMILES string of the molecule is CCCCn1c(N)c(N(Cc2ccco2)C(=O)COc2ccccc2[N+](=O)[O-])c(=O)[nH]c1=O. The van der Waals surface area contributed by atoms with Crippen molar-refractivity contribution in [2.24, 2.45) is 0 Å². The lowest BCUT2D eigenvalue weighted by Crippen LogP contribution is -2.42. The van der Waals surface area contributed by atoms with Crippen LogP contribution >= 0.6 is 0 Å². The number of hydrogen-bond donors (Lipinski definition) is 2. The van der Waals surface area contributed by atoms with Gasteiger partial charge < -0.3 is 14.9 Å². The summed E-state index contributed by atoms with van der Waals surface area (Å²) in [5.74, 6) is -0.659. The number of nitrogens with two attached hydrogens (primary N) is 1. The van der Waals surface area contributed by atoms with Crippen molar-refractivity contribution in [1.29, 1.82) is 0 Å². The molecule has 0 aliphatic heterocycles. The third kappa shape index (κ3) is 5.29. The van der Waals surface area contributed by atoms with E-state index in [1.54, 1.807) is 12.1 Å². The highest BCUT2D eigenvalue weighted by Gasteiger charge is 2.26. The first-order chi connectivity index (χ1) is 15.8. The lowest BCUT2D eigenvalue weighted by Gasteiger charge is -2.23. The standard InChI is InChI=1S/C21H23N5O7/c1-2-3-10-24-19(22)18(20(28)23-21(24)29)25(12-14-7-6-11-32-14)17(27)13-33-16-9-5-4-8-15(16)26(30)31/h4-9,11H,2-3,10,12-13,22H2,1H3,(H,23,28,29). The van der Waals surface area contributed by atoms with E-state index in [0.717, 1.165) is 11.3 Å². The number of H-pyrrole nitrogens is 1. The quantitative estimate of drug-likeness (QED) is 0.344. The number of para-hydroxylation sites is 2. The van der Waals surface area contributed by atoms with Gasteiger partial charge in [0.2, 0.25) is 0 Å². The number of anilines is 2. The molecule has 0 atom stereocenters. The number of hydrogen-bond acceptors (Lipinski definition) is 8. The van der Waals surface area contributed by atoms with Crippen LogP contribution in [-0.2, 0) is 17.9 Å². The number of nitro groups is 1. The molecule has 2 aromatic heterocycles. The number of furan rings is 1. The Labute approximate surface area is 187 Å². The second kappa shape index (κ2) is 10.3. The summed E-state index contributed by atoms with van der Waals surface area (Å²) in [6, 6.07) is 8.80. The molecule has 0 unspecified atom stereocenters. The van der Waals surface area contributed by atoms with E-state index in [-0.39, 0.29) is 36.0 Å². The summed E-state index contributed by atoms with van der Waals surface area (Å²) in [5.41, 5.74) is 4.07. The molecule has 0 bridgehead atoms. The van der Waals surface area contributed by atoms with E-state index < -0.39 is 28.7 Å². The van der Waals surface area contributed by atoms with Crippen LogP contribution < -0.4 is 26.6 Å². The van der Waals surface area contributed by atoms with Gasteiger partial charge in [-0.1, -0.05) is 25.5 Å². The van der Waals surface area contributed by atoms with Crippen LogP contribution in [-0.4, -0.2) is 27.0 Å². The number of amides is 1. The number of nitrogen functional groups attached to an aromatic ring is 1. The molecule has 2 heterocycles. The zero-order valence-electron chi connectivity index (χ0n) is 17.9. The van der Waals surface area contributed by atoms with Gasteiger partial charge >= 0.3 is 11.4 Å². The van der Waals surface area contributed by atoms with Crippen molar-refractivity contribution in [3.8, 4) is 5.75 Å². The average molecular weight is 457 g/mol. The number of nitrogens with one attached hydrogen (secondary N) is 1. The van der Waals surface area contributed by atoms with Gasteiger partial charge in [0, 0.05) is 12.6 Å². The van der Waals surface area contributed by atoms with Crippen molar-refractivity contribution in [1.82, 2.24) is 9.55 Å². The minimum Gasteiger partial charge on any atom is -0.477 e. The Kier molecular flexibility index (Phi) is 7.28. The van der Waals surface area contributed by atoms with E-state index in [1.807, 2.05) is 6.92 Å². The summed E-state index contributed by atoms with van der Waals surface area (Å²) >= 11 is 0. The van der Waals surface area contributed by atoms with Gasteiger partial charge in [0.05, 0.1) is 17.7 Å². The molecule has 174 valence electrons. The van der Waals surface area contributed by atoms with Crippen LogP contribution in [0.1, 0.15) is 25.5 Å². The van der Waals surface area contributed by atoms with Crippen molar-refractivity contribution in [3.63, 3.8) is 0 Å².